The molecule has 3 nitrogen and oxygen atoms in total. The van der Waals surface area contributed by atoms with Crippen LogP contribution in [-0.4, -0.2) is 23.2 Å². The van der Waals surface area contributed by atoms with E-state index < -0.39 is 0 Å². The molecule has 5 heteroatoms. The summed E-state index contributed by atoms with van der Waals surface area (Å²) in [5, 5.41) is 12.5. The topological polar surface area (TPSA) is 32.7 Å². The lowest BCUT2D eigenvalue weighted by atomic mass is 10.1. The maximum absolute atomic E-state index is 10.4. The SMILES string of the molecule is Cc1ccc(-c2cc(O)c3c(c2)CN(Cc2cccs2)CCO3)s1. The van der Waals surface area contributed by atoms with Crippen molar-refractivity contribution in [2.24, 2.45) is 0 Å². The highest BCUT2D eigenvalue weighted by molar-refractivity contribution is 7.15. The molecule has 0 atom stereocenters. The average molecular weight is 358 g/mol. The van der Waals surface area contributed by atoms with E-state index in [1.807, 2.05) is 6.07 Å². The predicted molar refractivity (Wildman–Crippen MR) is 100 cm³/mol. The number of aromatic hydroxyl groups is 1. The molecule has 4 rings (SSSR count). The molecule has 0 unspecified atom stereocenters. The lowest BCUT2D eigenvalue weighted by molar-refractivity contribution is 0.218. The minimum Gasteiger partial charge on any atom is -0.504 e. The first-order valence-electron chi connectivity index (χ1n) is 7.99. The Morgan fingerprint density at radius 1 is 1.25 bits per heavy atom. The number of fused-ring (bicyclic) bond motifs is 1. The van der Waals surface area contributed by atoms with Gasteiger partial charge in [0.2, 0.25) is 0 Å². The fourth-order valence-corrected chi connectivity index (χ4v) is 4.64. The highest BCUT2D eigenvalue weighted by atomic mass is 32.1. The number of phenolic OH excluding ortho intramolecular Hbond substituents is 1. The third-order valence-electron chi connectivity index (χ3n) is 4.18. The summed E-state index contributed by atoms with van der Waals surface area (Å²) in [6, 6.07) is 12.5. The van der Waals surface area contributed by atoms with E-state index in [2.05, 4.69) is 47.5 Å². The van der Waals surface area contributed by atoms with Crippen LogP contribution in [0.5, 0.6) is 11.5 Å². The molecule has 24 heavy (non-hydrogen) atoms. The van der Waals surface area contributed by atoms with Gasteiger partial charge in [0.25, 0.3) is 0 Å². The number of hydrogen-bond acceptors (Lipinski definition) is 5. The molecule has 124 valence electrons. The van der Waals surface area contributed by atoms with Crippen LogP contribution in [0.2, 0.25) is 0 Å². The summed E-state index contributed by atoms with van der Waals surface area (Å²) >= 11 is 3.53. The van der Waals surface area contributed by atoms with E-state index in [1.165, 1.54) is 14.6 Å². The fraction of sp³-hybridized carbons (Fsp3) is 0.263. The minimum absolute atomic E-state index is 0.242. The Balaban J connectivity index is 1.65. The summed E-state index contributed by atoms with van der Waals surface area (Å²) in [6.07, 6.45) is 0. The molecule has 3 aromatic rings. The zero-order valence-corrected chi connectivity index (χ0v) is 15.1. The third-order valence-corrected chi connectivity index (χ3v) is 6.09. The molecule has 0 saturated carbocycles. The summed E-state index contributed by atoms with van der Waals surface area (Å²) < 4.78 is 5.84. The van der Waals surface area contributed by atoms with Crippen LogP contribution in [0.4, 0.5) is 0 Å². The summed E-state index contributed by atoms with van der Waals surface area (Å²) in [4.78, 5) is 6.18. The molecule has 1 aliphatic rings. The number of hydrogen-bond donors (Lipinski definition) is 1. The van der Waals surface area contributed by atoms with E-state index in [4.69, 9.17) is 4.74 Å². The van der Waals surface area contributed by atoms with Crippen LogP contribution in [0.3, 0.4) is 0 Å². The summed E-state index contributed by atoms with van der Waals surface area (Å²) in [7, 11) is 0. The van der Waals surface area contributed by atoms with E-state index in [1.54, 1.807) is 22.7 Å². The summed E-state index contributed by atoms with van der Waals surface area (Å²) in [6.45, 7) is 5.27. The molecule has 0 bridgehead atoms. The van der Waals surface area contributed by atoms with Gasteiger partial charge in [0, 0.05) is 39.8 Å². The van der Waals surface area contributed by atoms with Crippen molar-refractivity contribution in [3.63, 3.8) is 0 Å². The number of phenols is 1. The van der Waals surface area contributed by atoms with Crippen molar-refractivity contribution < 1.29 is 9.84 Å². The molecule has 1 aliphatic heterocycles. The van der Waals surface area contributed by atoms with Crippen molar-refractivity contribution in [3.8, 4) is 21.9 Å². The van der Waals surface area contributed by atoms with Crippen LogP contribution < -0.4 is 4.74 Å². The van der Waals surface area contributed by atoms with Crippen molar-refractivity contribution >= 4 is 22.7 Å². The van der Waals surface area contributed by atoms with E-state index >= 15 is 0 Å². The molecular formula is C19H19NO2S2. The van der Waals surface area contributed by atoms with Gasteiger partial charge < -0.3 is 9.84 Å². The third kappa shape index (κ3) is 3.20. The van der Waals surface area contributed by atoms with Gasteiger partial charge >= 0.3 is 0 Å². The Hall–Kier alpha value is -1.82. The van der Waals surface area contributed by atoms with E-state index in [-0.39, 0.29) is 5.75 Å². The van der Waals surface area contributed by atoms with Gasteiger partial charge in [0.1, 0.15) is 6.61 Å². The zero-order valence-electron chi connectivity index (χ0n) is 13.5. The largest absolute Gasteiger partial charge is 0.504 e. The highest BCUT2D eigenvalue weighted by Crippen LogP contribution is 2.39. The number of thiophene rings is 2. The minimum atomic E-state index is 0.242. The molecule has 1 aromatic carbocycles. The van der Waals surface area contributed by atoms with Crippen LogP contribution in [-0.2, 0) is 13.1 Å². The Bertz CT molecular complexity index is 839. The molecule has 0 fully saturated rings. The standard InChI is InChI=1S/C19H19NO2S2/c1-13-4-5-18(24-13)14-9-15-11-20(12-16-3-2-8-23-16)6-7-22-19(15)17(21)10-14/h2-5,8-10,21H,6-7,11-12H2,1H3. The van der Waals surface area contributed by atoms with Crippen LogP contribution >= 0.6 is 22.7 Å². The molecular weight excluding hydrogens is 338 g/mol. The maximum Gasteiger partial charge on any atom is 0.165 e. The number of ether oxygens (including phenoxy) is 1. The first-order valence-corrected chi connectivity index (χ1v) is 9.69. The van der Waals surface area contributed by atoms with Crippen LogP contribution in [0.1, 0.15) is 15.3 Å². The van der Waals surface area contributed by atoms with Gasteiger partial charge in [0.05, 0.1) is 0 Å². The quantitative estimate of drug-likeness (QED) is 0.725. The van der Waals surface area contributed by atoms with Crippen LogP contribution in [0.25, 0.3) is 10.4 Å². The van der Waals surface area contributed by atoms with Gasteiger partial charge in [0.15, 0.2) is 11.5 Å². The van der Waals surface area contributed by atoms with E-state index in [0.717, 1.165) is 30.8 Å². The predicted octanol–water partition coefficient (Wildman–Crippen LogP) is 4.89. The molecule has 0 saturated heterocycles. The fourth-order valence-electron chi connectivity index (χ4n) is 3.04. The van der Waals surface area contributed by atoms with E-state index in [0.29, 0.717) is 12.4 Å². The van der Waals surface area contributed by atoms with Gasteiger partial charge in [-0.15, -0.1) is 22.7 Å². The van der Waals surface area contributed by atoms with Crippen molar-refractivity contribution in [3.05, 3.63) is 57.1 Å². The van der Waals surface area contributed by atoms with Crippen LogP contribution in [0, 0.1) is 6.92 Å². The first kappa shape index (κ1) is 15.7. The lowest BCUT2D eigenvalue weighted by Crippen LogP contribution is -2.24. The number of nitrogens with zero attached hydrogens (tertiary/aromatic N) is 1. The second kappa shape index (κ2) is 6.59. The highest BCUT2D eigenvalue weighted by Gasteiger charge is 2.20. The molecule has 1 N–H and O–H groups in total. The monoisotopic (exact) mass is 357 g/mol. The Morgan fingerprint density at radius 3 is 2.92 bits per heavy atom. The first-order chi connectivity index (χ1) is 11.7. The summed E-state index contributed by atoms with van der Waals surface area (Å²) in [5.41, 5.74) is 2.12. The zero-order chi connectivity index (χ0) is 16.5. The summed E-state index contributed by atoms with van der Waals surface area (Å²) in [5.74, 6) is 0.882. The molecule has 0 aliphatic carbocycles. The molecule has 0 spiro atoms. The molecule has 0 amide bonds. The number of aryl methyl sites for hydroxylation is 1. The van der Waals surface area contributed by atoms with Crippen molar-refractivity contribution in [1.82, 2.24) is 4.90 Å². The normalized spacial score (nSPS) is 14.9. The van der Waals surface area contributed by atoms with Crippen molar-refractivity contribution in [1.29, 1.82) is 0 Å². The second-order valence-electron chi connectivity index (χ2n) is 6.03. The second-order valence-corrected chi connectivity index (χ2v) is 8.35. The van der Waals surface area contributed by atoms with Crippen molar-refractivity contribution in [2.45, 2.75) is 20.0 Å². The van der Waals surface area contributed by atoms with Crippen molar-refractivity contribution in [2.75, 3.05) is 13.2 Å². The van der Waals surface area contributed by atoms with E-state index in [9.17, 15) is 5.11 Å². The van der Waals surface area contributed by atoms with Gasteiger partial charge in [-0.2, -0.15) is 0 Å². The van der Waals surface area contributed by atoms with Gasteiger partial charge in [-0.3, -0.25) is 4.90 Å². The van der Waals surface area contributed by atoms with Gasteiger partial charge in [-0.1, -0.05) is 6.07 Å². The Labute approximate surface area is 149 Å². The van der Waals surface area contributed by atoms with Gasteiger partial charge in [-0.25, -0.2) is 0 Å². The maximum atomic E-state index is 10.4. The average Bonchev–Trinajstić information content (AvgIpc) is 3.16. The Morgan fingerprint density at radius 2 is 2.17 bits per heavy atom. The van der Waals surface area contributed by atoms with Crippen LogP contribution in [0.15, 0.2) is 41.8 Å². The molecule has 0 radical (unpaired) electrons. The van der Waals surface area contributed by atoms with Gasteiger partial charge in [-0.05, 0) is 48.2 Å². The number of rotatable bonds is 3. The smallest absolute Gasteiger partial charge is 0.165 e. The molecule has 2 aromatic heterocycles. The Kier molecular flexibility index (Phi) is 4.31. The molecule has 3 heterocycles. The lowest BCUT2D eigenvalue weighted by Gasteiger charge is -2.18. The number of benzene rings is 1.